The molecule has 0 saturated heterocycles. The van der Waals surface area contributed by atoms with E-state index in [1.54, 1.807) is 19.2 Å². The summed E-state index contributed by atoms with van der Waals surface area (Å²) in [7, 11) is 3.09. The number of urea groups is 1. The summed E-state index contributed by atoms with van der Waals surface area (Å²) in [4.78, 5) is 14.1. The van der Waals surface area contributed by atoms with E-state index in [4.69, 9.17) is 14.2 Å². The summed E-state index contributed by atoms with van der Waals surface area (Å²) < 4.78 is 30.0. The predicted octanol–water partition coefficient (Wildman–Crippen LogP) is 3.90. The molecule has 1 N–H and O–H groups in total. The fraction of sp³-hybridized carbons (Fsp3) is 0.381. The van der Waals surface area contributed by atoms with Crippen molar-refractivity contribution in [2.24, 2.45) is 0 Å². The first-order valence-electron chi connectivity index (χ1n) is 9.25. The molecule has 0 radical (unpaired) electrons. The van der Waals surface area contributed by atoms with Gasteiger partial charge < -0.3 is 24.4 Å². The van der Waals surface area contributed by atoms with E-state index in [2.05, 4.69) is 5.32 Å². The largest absolute Gasteiger partial charge is 0.494 e. The van der Waals surface area contributed by atoms with Crippen LogP contribution in [-0.2, 0) is 6.54 Å². The highest BCUT2D eigenvalue weighted by Crippen LogP contribution is 2.33. The van der Waals surface area contributed by atoms with Crippen LogP contribution in [0.15, 0.2) is 36.4 Å². The molecule has 0 aliphatic carbocycles. The SMILES string of the molecule is CCC(NC(=O)N(C)Cc1ccc(OC)c(F)c1)c1ccc2c(c1)OCCO2. The molecule has 1 unspecified atom stereocenters. The zero-order valence-electron chi connectivity index (χ0n) is 16.3. The lowest BCUT2D eigenvalue weighted by atomic mass is 10.0. The Hall–Kier alpha value is -2.96. The lowest BCUT2D eigenvalue weighted by molar-refractivity contribution is 0.171. The third kappa shape index (κ3) is 4.47. The molecular weight excluding hydrogens is 363 g/mol. The number of ether oxygens (including phenoxy) is 3. The van der Waals surface area contributed by atoms with Gasteiger partial charge in [-0.3, -0.25) is 0 Å². The molecule has 1 atom stereocenters. The predicted molar refractivity (Wildman–Crippen MR) is 103 cm³/mol. The second-order valence-electron chi connectivity index (χ2n) is 6.64. The second kappa shape index (κ2) is 8.82. The number of benzene rings is 2. The van der Waals surface area contributed by atoms with Crippen molar-refractivity contribution >= 4 is 6.03 Å². The van der Waals surface area contributed by atoms with E-state index in [0.29, 0.717) is 24.5 Å². The van der Waals surface area contributed by atoms with Gasteiger partial charge >= 0.3 is 6.03 Å². The maximum atomic E-state index is 13.9. The molecule has 0 saturated carbocycles. The van der Waals surface area contributed by atoms with Gasteiger partial charge in [-0.1, -0.05) is 19.1 Å². The first-order chi connectivity index (χ1) is 13.5. The topological polar surface area (TPSA) is 60.0 Å². The number of carbonyl (C=O) groups excluding carboxylic acids is 1. The van der Waals surface area contributed by atoms with Crippen molar-refractivity contribution in [2.75, 3.05) is 27.4 Å². The van der Waals surface area contributed by atoms with E-state index >= 15 is 0 Å². The van der Waals surface area contributed by atoms with Gasteiger partial charge in [0.25, 0.3) is 0 Å². The molecule has 150 valence electrons. The van der Waals surface area contributed by atoms with Gasteiger partial charge in [-0.05, 0) is 41.8 Å². The van der Waals surface area contributed by atoms with Crippen LogP contribution in [0.5, 0.6) is 17.2 Å². The maximum absolute atomic E-state index is 13.9. The lowest BCUT2D eigenvalue weighted by Gasteiger charge is -2.25. The minimum absolute atomic E-state index is 0.168. The lowest BCUT2D eigenvalue weighted by Crippen LogP contribution is -2.38. The van der Waals surface area contributed by atoms with Crippen molar-refractivity contribution in [3.05, 3.63) is 53.3 Å². The van der Waals surface area contributed by atoms with Gasteiger partial charge in [-0.25, -0.2) is 9.18 Å². The molecule has 3 rings (SSSR count). The number of rotatable bonds is 6. The van der Waals surface area contributed by atoms with E-state index in [1.807, 2.05) is 25.1 Å². The molecule has 0 fully saturated rings. The highest BCUT2D eigenvalue weighted by molar-refractivity contribution is 5.74. The molecule has 0 bridgehead atoms. The zero-order valence-corrected chi connectivity index (χ0v) is 16.3. The van der Waals surface area contributed by atoms with Crippen LogP contribution in [-0.4, -0.2) is 38.3 Å². The van der Waals surface area contributed by atoms with Crippen LogP contribution in [0.4, 0.5) is 9.18 Å². The molecule has 6 nitrogen and oxygen atoms in total. The molecule has 7 heteroatoms. The van der Waals surface area contributed by atoms with Crippen molar-refractivity contribution < 1.29 is 23.4 Å². The van der Waals surface area contributed by atoms with E-state index in [-0.39, 0.29) is 24.4 Å². The summed E-state index contributed by atoms with van der Waals surface area (Å²) >= 11 is 0. The number of nitrogens with one attached hydrogen (secondary N) is 1. The van der Waals surface area contributed by atoms with Crippen LogP contribution in [0.3, 0.4) is 0 Å². The van der Waals surface area contributed by atoms with Crippen molar-refractivity contribution in [1.82, 2.24) is 10.2 Å². The fourth-order valence-corrected chi connectivity index (χ4v) is 3.11. The smallest absolute Gasteiger partial charge is 0.317 e. The molecule has 0 aromatic heterocycles. The summed E-state index contributed by atoms with van der Waals surface area (Å²) in [6.07, 6.45) is 0.719. The average Bonchev–Trinajstić information content (AvgIpc) is 2.71. The molecule has 1 aliphatic heterocycles. The van der Waals surface area contributed by atoms with Crippen LogP contribution in [0.2, 0.25) is 0 Å². The van der Waals surface area contributed by atoms with Crippen molar-refractivity contribution in [3.63, 3.8) is 0 Å². The Balaban J connectivity index is 1.65. The maximum Gasteiger partial charge on any atom is 0.317 e. The highest BCUT2D eigenvalue weighted by Gasteiger charge is 2.19. The van der Waals surface area contributed by atoms with E-state index in [1.165, 1.54) is 18.1 Å². The minimum atomic E-state index is -0.448. The second-order valence-corrected chi connectivity index (χ2v) is 6.64. The highest BCUT2D eigenvalue weighted by atomic mass is 19.1. The zero-order chi connectivity index (χ0) is 20.1. The van der Waals surface area contributed by atoms with E-state index in [9.17, 15) is 9.18 Å². The van der Waals surface area contributed by atoms with Crippen LogP contribution in [0.25, 0.3) is 0 Å². The van der Waals surface area contributed by atoms with Crippen molar-refractivity contribution in [3.8, 4) is 17.2 Å². The molecule has 2 aromatic rings. The van der Waals surface area contributed by atoms with E-state index in [0.717, 1.165) is 17.7 Å². The van der Waals surface area contributed by atoms with Gasteiger partial charge in [-0.15, -0.1) is 0 Å². The monoisotopic (exact) mass is 388 g/mol. The molecule has 0 spiro atoms. The Kier molecular flexibility index (Phi) is 6.23. The molecular formula is C21H25FN2O4. The van der Waals surface area contributed by atoms with Gasteiger partial charge in [0, 0.05) is 13.6 Å². The van der Waals surface area contributed by atoms with Gasteiger partial charge in [0.2, 0.25) is 0 Å². The Morgan fingerprint density at radius 2 is 1.96 bits per heavy atom. The van der Waals surface area contributed by atoms with E-state index < -0.39 is 5.82 Å². The Labute approximate surface area is 164 Å². The van der Waals surface area contributed by atoms with Crippen molar-refractivity contribution in [1.29, 1.82) is 0 Å². The van der Waals surface area contributed by atoms with Crippen molar-refractivity contribution in [2.45, 2.75) is 25.9 Å². The Bertz CT molecular complexity index is 843. The number of nitrogens with zero attached hydrogens (tertiary/aromatic N) is 1. The van der Waals surface area contributed by atoms with Gasteiger partial charge in [0.05, 0.1) is 13.2 Å². The number of hydrogen-bond acceptors (Lipinski definition) is 4. The average molecular weight is 388 g/mol. The van der Waals surface area contributed by atoms with Gasteiger partial charge in [0.15, 0.2) is 23.1 Å². The molecule has 1 heterocycles. The fourth-order valence-electron chi connectivity index (χ4n) is 3.11. The number of amides is 2. The number of carbonyl (C=O) groups is 1. The molecule has 1 aliphatic rings. The van der Waals surface area contributed by atoms with Gasteiger partial charge in [-0.2, -0.15) is 0 Å². The van der Waals surface area contributed by atoms with Crippen LogP contribution in [0.1, 0.15) is 30.5 Å². The molecule has 2 aromatic carbocycles. The molecule has 2 amide bonds. The number of fused-ring (bicyclic) bond motifs is 1. The third-order valence-electron chi connectivity index (χ3n) is 4.66. The van der Waals surface area contributed by atoms with Crippen LogP contribution >= 0.6 is 0 Å². The number of hydrogen-bond donors (Lipinski definition) is 1. The first kappa shape index (κ1) is 19.8. The summed E-state index contributed by atoms with van der Waals surface area (Å²) in [6, 6.07) is 9.96. The quantitative estimate of drug-likeness (QED) is 0.815. The number of methoxy groups -OCH3 is 1. The summed E-state index contributed by atoms with van der Waals surface area (Å²) in [5.41, 5.74) is 1.63. The Morgan fingerprint density at radius 1 is 1.21 bits per heavy atom. The summed E-state index contributed by atoms with van der Waals surface area (Å²) in [6.45, 7) is 3.34. The number of halogens is 1. The standard InChI is InChI=1S/C21H25FN2O4/c1-4-17(15-6-8-19-20(12-15)28-10-9-27-19)23-21(25)24(2)13-14-5-7-18(26-3)16(22)11-14/h5-8,11-12,17H,4,9-10,13H2,1-3H3,(H,23,25). The van der Waals surface area contributed by atoms with Crippen LogP contribution in [0, 0.1) is 5.82 Å². The summed E-state index contributed by atoms with van der Waals surface area (Å²) in [5.74, 6) is 1.14. The normalized spacial score (nSPS) is 13.6. The third-order valence-corrected chi connectivity index (χ3v) is 4.66. The molecule has 28 heavy (non-hydrogen) atoms. The minimum Gasteiger partial charge on any atom is -0.494 e. The summed E-state index contributed by atoms with van der Waals surface area (Å²) in [5, 5.41) is 3.02. The van der Waals surface area contributed by atoms with Gasteiger partial charge in [0.1, 0.15) is 13.2 Å². The first-order valence-corrected chi connectivity index (χ1v) is 9.25. The Morgan fingerprint density at radius 3 is 2.64 bits per heavy atom. The van der Waals surface area contributed by atoms with Crippen LogP contribution < -0.4 is 19.5 Å².